The number of carbonyl (C=O) groups excluding carboxylic acids is 3. The summed E-state index contributed by atoms with van der Waals surface area (Å²) in [5.74, 6) is -1.10. The minimum atomic E-state index is -0.601. The second-order valence-electron chi connectivity index (χ2n) is 10.9. The van der Waals surface area contributed by atoms with E-state index in [9.17, 15) is 19.5 Å². The number of amides is 3. The largest absolute Gasteiger partial charge is 0.396 e. The molecule has 8 heteroatoms. The summed E-state index contributed by atoms with van der Waals surface area (Å²) in [6.07, 6.45) is 8.10. The number of aliphatic hydroxyl groups excluding tert-OH is 1. The molecule has 1 aromatic carbocycles. The maximum atomic E-state index is 14.2. The maximum Gasteiger partial charge on any atom is 0.247 e. The van der Waals surface area contributed by atoms with Gasteiger partial charge < -0.3 is 19.8 Å². The number of aliphatic hydroxyl groups is 1. The summed E-state index contributed by atoms with van der Waals surface area (Å²) in [4.78, 5) is 48.0. The zero-order valence-electron chi connectivity index (χ0n) is 23.2. The fourth-order valence-corrected chi connectivity index (χ4v) is 8.93. The highest BCUT2D eigenvalue weighted by atomic mass is 32.2. The highest BCUT2D eigenvalue weighted by Crippen LogP contribution is 2.66. The van der Waals surface area contributed by atoms with E-state index in [-0.39, 0.29) is 29.6 Å². The van der Waals surface area contributed by atoms with Gasteiger partial charge >= 0.3 is 0 Å². The van der Waals surface area contributed by atoms with Crippen LogP contribution < -0.4 is 0 Å². The lowest BCUT2D eigenvalue weighted by Crippen LogP contribution is -2.55. The van der Waals surface area contributed by atoms with Crippen molar-refractivity contribution in [3.05, 3.63) is 61.2 Å². The van der Waals surface area contributed by atoms with Gasteiger partial charge in [0.1, 0.15) is 6.04 Å². The molecule has 0 aliphatic carbocycles. The van der Waals surface area contributed by atoms with Crippen LogP contribution in [0.5, 0.6) is 0 Å². The molecule has 212 valence electrons. The number of nitrogens with zero attached hydrogens (tertiary/aromatic N) is 3. The summed E-state index contributed by atoms with van der Waals surface area (Å²) < 4.78 is -0.601. The summed E-state index contributed by atoms with van der Waals surface area (Å²) >= 11 is 1.71. The van der Waals surface area contributed by atoms with Crippen molar-refractivity contribution in [2.75, 3.05) is 32.8 Å². The van der Waals surface area contributed by atoms with Crippen LogP contribution in [0.1, 0.15) is 51.0 Å². The van der Waals surface area contributed by atoms with Gasteiger partial charge in [-0.05, 0) is 37.7 Å². The topological polar surface area (TPSA) is 81.2 Å². The minimum Gasteiger partial charge on any atom is -0.396 e. The predicted molar refractivity (Wildman–Crippen MR) is 156 cm³/mol. The first-order valence-corrected chi connectivity index (χ1v) is 15.2. The molecule has 3 amide bonds. The lowest BCUT2D eigenvalue weighted by atomic mass is 9.70. The Balaban J connectivity index is 1.67. The van der Waals surface area contributed by atoms with Crippen LogP contribution in [0.15, 0.2) is 55.6 Å². The Morgan fingerprint density at radius 2 is 1.82 bits per heavy atom. The summed E-state index contributed by atoms with van der Waals surface area (Å²) in [6.45, 7) is 12.2. The first kappa shape index (κ1) is 29.4. The number of carbonyl (C=O) groups is 3. The molecule has 39 heavy (non-hydrogen) atoms. The molecule has 3 aliphatic heterocycles. The van der Waals surface area contributed by atoms with Gasteiger partial charge in [0.05, 0.1) is 16.6 Å². The number of unbranched alkanes of at least 4 members (excludes halogenated alkanes) is 2. The molecule has 3 aliphatic rings. The van der Waals surface area contributed by atoms with Gasteiger partial charge in [-0.15, -0.1) is 24.9 Å². The van der Waals surface area contributed by atoms with Crippen molar-refractivity contribution in [3.63, 3.8) is 0 Å². The van der Waals surface area contributed by atoms with E-state index in [0.29, 0.717) is 45.6 Å². The quantitative estimate of drug-likeness (QED) is 0.263. The number of thioether (sulfide) groups is 1. The summed E-state index contributed by atoms with van der Waals surface area (Å²) in [6, 6.07) is 9.29. The van der Waals surface area contributed by atoms with Gasteiger partial charge in [0, 0.05) is 44.6 Å². The van der Waals surface area contributed by atoms with Crippen molar-refractivity contribution in [2.24, 2.45) is 11.8 Å². The van der Waals surface area contributed by atoms with Crippen molar-refractivity contribution < 1.29 is 19.5 Å². The fraction of sp³-hybridized carbons (Fsp3) is 0.581. The highest BCUT2D eigenvalue weighted by Gasteiger charge is 2.73. The summed E-state index contributed by atoms with van der Waals surface area (Å²) in [5.41, 5.74) is 1.03. The standard InChI is InChI=1S/C31H43N3O4S/c1-4-7-19-32(17-5-2)30(38)27-31-16-15-24(39-31)25(26(31)29(37)34(27)20-11-12-21-35)28(36)33(18-6-3)22-23-13-9-8-10-14-23/h5-6,8-10,13-14,24-27,35H,2-4,7,11-12,15-22H2,1H3/t24-,25+,26-,27?,31?/m0/s1. The Bertz CT molecular complexity index is 1050. The number of fused-ring (bicyclic) bond motifs is 1. The van der Waals surface area contributed by atoms with E-state index in [2.05, 4.69) is 20.1 Å². The molecular formula is C31H43N3O4S. The molecule has 1 aromatic rings. The number of hydrogen-bond donors (Lipinski definition) is 1. The minimum absolute atomic E-state index is 0.0199. The van der Waals surface area contributed by atoms with E-state index in [1.54, 1.807) is 28.8 Å². The Hall–Kier alpha value is -2.58. The molecule has 3 fully saturated rings. The van der Waals surface area contributed by atoms with Crippen LogP contribution in [0, 0.1) is 11.8 Å². The summed E-state index contributed by atoms with van der Waals surface area (Å²) in [5, 5.41) is 9.42. The first-order valence-electron chi connectivity index (χ1n) is 14.4. The number of hydrogen-bond acceptors (Lipinski definition) is 5. The number of likely N-dealkylation sites (tertiary alicyclic amines) is 1. The van der Waals surface area contributed by atoms with E-state index < -0.39 is 22.6 Å². The molecule has 1 N–H and O–H groups in total. The van der Waals surface area contributed by atoms with Gasteiger partial charge in [-0.1, -0.05) is 55.8 Å². The van der Waals surface area contributed by atoms with Crippen LogP contribution in [0.3, 0.4) is 0 Å². The molecule has 3 heterocycles. The van der Waals surface area contributed by atoms with Crippen LogP contribution in [-0.2, 0) is 20.9 Å². The van der Waals surface area contributed by atoms with Crippen LogP contribution >= 0.6 is 11.8 Å². The van der Waals surface area contributed by atoms with Crippen LogP contribution in [0.4, 0.5) is 0 Å². The van der Waals surface area contributed by atoms with Gasteiger partial charge in [-0.2, -0.15) is 0 Å². The number of benzene rings is 1. The van der Waals surface area contributed by atoms with E-state index in [1.165, 1.54) is 0 Å². The SMILES string of the molecule is C=CCN(CCCC)C(=O)C1N(CCCCO)C(=O)[C@@H]2[C@H](C(=O)N(CC=C)Cc3ccccc3)[C@@H]3CCC12S3. The molecule has 3 saturated heterocycles. The van der Waals surface area contributed by atoms with Gasteiger partial charge in [0.25, 0.3) is 0 Å². The first-order chi connectivity index (χ1) is 18.9. The average Bonchev–Trinajstić information content (AvgIpc) is 3.58. The Morgan fingerprint density at radius 3 is 2.49 bits per heavy atom. The van der Waals surface area contributed by atoms with Crippen molar-refractivity contribution in [3.8, 4) is 0 Å². The second kappa shape index (κ2) is 13.2. The molecule has 4 rings (SSSR count). The third kappa shape index (κ3) is 5.68. The zero-order valence-corrected chi connectivity index (χ0v) is 24.0. The Morgan fingerprint density at radius 1 is 1.10 bits per heavy atom. The smallest absolute Gasteiger partial charge is 0.247 e. The van der Waals surface area contributed by atoms with Crippen molar-refractivity contribution in [1.29, 1.82) is 0 Å². The van der Waals surface area contributed by atoms with Crippen molar-refractivity contribution >= 4 is 29.5 Å². The highest BCUT2D eigenvalue weighted by molar-refractivity contribution is 8.02. The van der Waals surface area contributed by atoms with Crippen molar-refractivity contribution in [1.82, 2.24) is 14.7 Å². The predicted octanol–water partition coefficient (Wildman–Crippen LogP) is 3.88. The molecule has 7 nitrogen and oxygen atoms in total. The lowest BCUT2D eigenvalue weighted by Gasteiger charge is -2.37. The van der Waals surface area contributed by atoms with Crippen molar-refractivity contribution in [2.45, 2.75) is 68.0 Å². The van der Waals surface area contributed by atoms with Gasteiger partial charge in [-0.3, -0.25) is 14.4 Å². The molecule has 0 radical (unpaired) electrons. The average molecular weight is 554 g/mol. The van der Waals surface area contributed by atoms with Crippen LogP contribution in [0.25, 0.3) is 0 Å². The molecule has 2 bridgehead atoms. The molecule has 5 atom stereocenters. The molecule has 1 spiro atoms. The van der Waals surface area contributed by atoms with Gasteiger partial charge in [0.2, 0.25) is 17.7 Å². The van der Waals surface area contributed by atoms with Crippen LogP contribution in [0.2, 0.25) is 0 Å². The van der Waals surface area contributed by atoms with E-state index in [4.69, 9.17) is 0 Å². The fourth-order valence-electron chi connectivity index (χ4n) is 6.72. The Labute approximate surface area is 237 Å². The Kier molecular flexibility index (Phi) is 9.94. The normalized spacial score (nSPS) is 26.9. The third-order valence-electron chi connectivity index (χ3n) is 8.45. The van der Waals surface area contributed by atoms with Crippen LogP contribution in [-0.4, -0.2) is 86.4 Å². The monoisotopic (exact) mass is 553 g/mol. The molecule has 2 unspecified atom stereocenters. The maximum absolute atomic E-state index is 14.2. The third-order valence-corrected chi connectivity index (χ3v) is 10.4. The summed E-state index contributed by atoms with van der Waals surface area (Å²) in [7, 11) is 0. The number of rotatable bonds is 15. The second-order valence-corrected chi connectivity index (χ2v) is 12.5. The molecule has 0 saturated carbocycles. The molecule has 0 aromatic heterocycles. The van der Waals surface area contributed by atoms with E-state index >= 15 is 0 Å². The van der Waals surface area contributed by atoms with Gasteiger partial charge in [-0.25, -0.2) is 0 Å². The van der Waals surface area contributed by atoms with E-state index in [0.717, 1.165) is 31.2 Å². The lowest BCUT2D eigenvalue weighted by molar-refractivity contribution is -0.145. The van der Waals surface area contributed by atoms with E-state index in [1.807, 2.05) is 40.1 Å². The van der Waals surface area contributed by atoms with Gasteiger partial charge in [0.15, 0.2) is 0 Å². The zero-order chi connectivity index (χ0) is 28.0. The molecular weight excluding hydrogens is 510 g/mol.